The zero-order valence-corrected chi connectivity index (χ0v) is 25.4. The molecule has 10 heteroatoms. The van der Waals surface area contributed by atoms with Crippen molar-refractivity contribution in [3.8, 4) is 0 Å². The molecular weight excluding hydrogens is 557 g/mol. The van der Waals surface area contributed by atoms with E-state index in [1.165, 1.54) is 42.8 Å². The molecule has 0 spiro atoms. The zero-order chi connectivity index (χ0) is 29.5. The van der Waals surface area contributed by atoms with Crippen LogP contribution in [0.2, 0.25) is 0 Å². The predicted octanol–water partition coefficient (Wildman–Crippen LogP) is 7.78. The molecule has 3 aromatic rings. The van der Waals surface area contributed by atoms with E-state index < -0.39 is 11.7 Å². The molecule has 0 unspecified atom stereocenters. The van der Waals surface area contributed by atoms with Gasteiger partial charge in [-0.25, -0.2) is 15.0 Å². The lowest BCUT2D eigenvalue weighted by Crippen LogP contribution is -2.34. The predicted molar refractivity (Wildman–Crippen MR) is 164 cm³/mol. The van der Waals surface area contributed by atoms with Crippen LogP contribution < -0.4 is 15.1 Å². The third kappa shape index (κ3) is 6.05. The number of benzene rings is 1. The van der Waals surface area contributed by atoms with Gasteiger partial charge in [0.1, 0.15) is 11.6 Å². The highest BCUT2D eigenvalue weighted by Gasteiger charge is 2.36. The Kier molecular flexibility index (Phi) is 8.02. The maximum absolute atomic E-state index is 13.8. The summed E-state index contributed by atoms with van der Waals surface area (Å²) >= 11 is 1.75. The van der Waals surface area contributed by atoms with Gasteiger partial charge in [0, 0.05) is 61.5 Å². The van der Waals surface area contributed by atoms with Gasteiger partial charge < -0.3 is 15.1 Å². The van der Waals surface area contributed by atoms with Crippen LogP contribution in [0, 0.1) is 0 Å². The highest BCUT2D eigenvalue weighted by Crippen LogP contribution is 2.42. The number of halogens is 3. The van der Waals surface area contributed by atoms with E-state index in [-0.39, 0.29) is 11.2 Å². The van der Waals surface area contributed by atoms with Gasteiger partial charge in [0.25, 0.3) is 0 Å². The fraction of sp³-hybridized carbons (Fsp3) is 0.531. The van der Waals surface area contributed by atoms with Crippen LogP contribution in [0.4, 0.5) is 36.2 Å². The first kappa shape index (κ1) is 29.1. The lowest BCUT2D eigenvalue weighted by atomic mass is 9.78. The fourth-order valence-electron chi connectivity index (χ4n) is 6.48. The van der Waals surface area contributed by atoms with Crippen LogP contribution in [0.5, 0.6) is 0 Å². The second kappa shape index (κ2) is 11.6. The van der Waals surface area contributed by atoms with E-state index in [4.69, 9.17) is 9.97 Å². The Balaban J connectivity index is 1.34. The first-order valence-electron chi connectivity index (χ1n) is 15.0. The molecule has 0 amide bonds. The molecule has 0 radical (unpaired) electrons. The minimum atomic E-state index is -4.47. The van der Waals surface area contributed by atoms with Gasteiger partial charge >= 0.3 is 6.18 Å². The maximum Gasteiger partial charge on any atom is 0.419 e. The van der Waals surface area contributed by atoms with Gasteiger partial charge in [-0.05, 0) is 60.9 Å². The Morgan fingerprint density at radius 2 is 1.79 bits per heavy atom. The van der Waals surface area contributed by atoms with Crippen molar-refractivity contribution in [1.82, 2.24) is 15.0 Å². The summed E-state index contributed by atoms with van der Waals surface area (Å²) in [5, 5.41) is 4.87. The third-order valence-electron chi connectivity index (χ3n) is 9.01. The summed E-state index contributed by atoms with van der Waals surface area (Å²) in [7, 11) is 2.13. The van der Waals surface area contributed by atoms with Crippen LogP contribution in [0.3, 0.4) is 0 Å². The van der Waals surface area contributed by atoms with Gasteiger partial charge in [-0.3, -0.25) is 0 Å². The minimum Gasteiger partial charge on any atom is -0.374 e. The van der Waals surface area contributed by atoms with Crippen molar-refractivity contribution < 1.29 is 13.2 Å². The highest BCUT2D eigenvalue weighted by molar-refractivity contribution is 7.99. The molecule has 1 N–H and O–H groups in total. The van der Waals surface area contributed by atoms with E-state index in [0.29, 0.717) is 31.2 Å². The number of thioether (sulfide) groups is 1. The van der Waals surface area contributed by atoms with Gasteiger partial charge in [0.2, 0.25) is 0 Å². The number of rotatable bonds is 5. The summed E-state index contributed by atoms with van der Waals surface area (Å²) in [5.74, 6) is 0.743. The summed E-state index contributed by atoms with van der Waals surface area (Å²) in [6.07, 6.45) is 5.19. The summed E-state index contributed by atoms with van der Waals surface area (Å²) in [4.78, 5) is 18.3. The van der Waals surface area contributed by atoms with Crippen LogP contribution in [0.25, 0.3) is 0 Å². The number of hydrogen-bond donors (Lipinski definition) is 1. The number of aromatic nitrogens is 3. The van der Waals surface area contributed by atoms with Gasteiger partial charge in [0.15, 0.2) is 5.16 Å². The van der Waals surface area contributed by atoms with Crippen LogP contribution >= 0.6 is 11.8 Å². The van der Waals surface area contributed by atoms with Crippen molar-refractivity contribution in [2.24, 2.45) is 0 Å². The lowest BCUT2D eigenvalue weighted by Gasteiger charge is -2.38. The van der Waals surface area contributed by atoms with Gasteiger partial charge in [-0.1, -0.05) is 50.9 Å². The summed E-state index contributed by atoms with van der Waals surface area (Å²) in [6, 6.07) is 8.99. The van der Waals surface area contributed by atoms with E-state index in [9.17, 15) is 13.2 Å². The van der Waals surface area contributed by atoms with E-state index in [2.05, 4.69) is 54.3 Å². The zero-order valence-electron chi connectivity index (χ0n) is 24.6. The summed E-state index contributed by atoms with van der Waals surface area (Å²) in [6.45, 7) is 6.40. The van der Waals surface area contributed by atoms with Crippen molar-refractivity contribution in [2.75, 3.05) is 41.8 Å². The summed E-state index contributed by atoms with van der Waals surface area (Å²) in [5.41, 5.74) is 4.81. The van der Waals surface area contributed by atoms with Gasteiger partial charge in [0.05, 0.1) is 11.3 Å². The number of pyridine rings is 1. The van der Waals surface area contributed by atoms with Crippen LogP contribution in [-0.4, -0.2) is 46.9 Å². The van der Waals surface area contributed by atoms with Gasteiger partial charge in [-0.15, -0.1) is 0 Å². The number of nitrogens with one attached hydrogen (secondary N) is 1. The Morgan fingerprint density at radius 1 is 1.00 bits per heavy atom. The van der Waals surface area contributed by atoms with E-state index in [1.807, 2.05) is 0 Å². The molecule has 2 aromatic heterocycles. The van der Waals surface area contributed by atoms with Crippen molar-refractivity contribution in [3.05, 3.63) is 58.9 Å². The minimum absolute atomic E-state index is 0.0163. The maximum atomic E-state index is 13.8. The Hall–Kier alpha value is -3.01. The highest BCUT2D eigenvalue weighted by atomic mass is 32.2. The molecule has 224 valence electrons. The smallest absolute Gasteiger partial charge is 0.374 e. The lowest BCUT2D eigenvalue weighted by molar-refractivity contribution is -0.137. The Labute approximate surface area is 250 Å². The molecule has 0 atom stereocenters. The molecule has 1 saturated carbocycles. The number of fused-ring (bicyclic) bond motifs is 2. The topological polar surface area (TPSA) is 57.2 Å². The van der Waals surface area contributed by atoms with Crippen molar-refractivity contribution >= 4 is 34.8 Å². The van der Waals surface area contributed by atoms with Crippen molar-refractivity contribution in [2.45, 2.75) is 87.2 Å². The standard InChI is InChI=1S/C32H39F3N6S/c1-31(2)15-19-40(3)27-20-21(11-12-24(27)31)37-28-23-13-17-41(29-25(32(33,34)35)10-7-16-36-29)18-14-26(23)38-30(39-28)42-22-8-5-4-6-9-22/h7,10-12,16,20,22H,4-6,8-9,13-15,17-19H2,1-3H3,(H,37,38,39). The second-order valence-electron chi connectivity index (χ2n) is 12.4. The number of alkyl halides is 3. The van der Waals surface area contributed by atoms with E-state index in [1.54, 1.807) is 16.7 Å². The molecule has 42 heavy (non-hydrogen) atoms. The van der Waals surface area contributed by atoms with E-state index in [0.717, 1.165) is 59.8 Å². The molecule has 0 bridgehead atoms. The third-order valence-corrected chi connectivity index (χ3v) is 10.2. The molecule has 4 heterocycles. The van der Waals surface area contributed by atoms with Crippen LogP contribution in [-0.2, 0) is 24.4 Å². The molecule has 1 aromatic carbocycles. The molecule has 1 aliphatic carbocycles. The molecule has 2 aliphatic heterocycles. The Morgan fingerprint density at radius 3 is 2.57 bits per heavy atom. The molecule has 6 rings (SSSR count). The fourth-order valence-corrected chi connectivity index (χ4v) is 7.66. The molecular formula is C32H39F3N6S. The average Bonchev–Trinajstić information content (AvgIpc) is 3.18. The normalized spacial score (nSPS) is 19.2. The van der Waals surface area contributed by atoms with Gasteiger partial charge in [-0.2, -0.15) is 13.2 Å². The quantitative estimate of drug-likeness (QED) is 0.302. The number of hydrogen-bond acceptors (Lipinski definition) is 7. The first-order valence-corrected chi connectivity index (χ1v) is 15.9. The summed E-state index contributed by atoms with van der Waals surface area (Å²) < 4.78 is 41.5. The average molecular weight is 597 g/mol. The van der Waals surface area contributed by atoms with Crippen molar-refractivity contribution in [1.29, 1.82) is 0 Å². The van der Waals surface area contributed by atoms with Crippen LogP contribution in [0.15, 0.2) is 41.7 Å². The SMILES string of the molecule is CN1CCC(C)(C)c2ccc(Nc3nc(SC4CCCCC4)nc4c3CCN(c3ncccc3C(F)(F)F)CC4)cc21. The second-order valence-corrected chi connectivity index (χ2v) is 13.7. The first-order chi connectivity index (χ1) is 20.1. The molecule has 6 nitrogen and oxygen atoms in total. The molecule has 0 saturated heterocycles. The molecule has 1 fully saturated rings. The monoisotopic (exact) mass is 596 g/mol. The van der Waals surface area contributed by atoms with Crippen molar-refractivity contribution in [3.63, 3.8) is 0 Å². The molecule has 3 aliphatic rings. The van der Waals surface area contributed by atoms with E-state index >= 15 is 0 Å². The largest absolute Gasteiger partial charge is 0.419 e. The van der Waals surface area contributed by atoms with Crippen LogP contribution in [0.1, 0.15) is 74.8 Å². The number of nitrogens with zero attached hydrogens (tertiary/aromatic N) is 5. The number of anilines is 4. The Bertz CT molecular complexity index is 1440.